The Kier molecular flexibility index (Phi) is 5.34. The van der Waals surface area contributed by atoms with Crippen LogP contribution in [0.25, 0.3) is 0 Å². The topological polar surface area (TPSA) is 21.3 Å². The number of aryl methyl sites for hydroxylation is 1. The highest BCUT2D eigenvalue weighted by molar-refractivity contribution is 5.41. The molecular weight excluding hydrogens is 265 g/mol. The van der Waals surface area contributed by atoms with Crippen LogP contribution in [0.1, 0.15) is 37.4 Å². The first kappa shape index (κ1) is 15.5. The molecule has 112 valence electrons. The Morgan fingerprint density at radius 1 is 1.14 bits per heavy atom. The van der Waals surface area contributed by atoms with Gasteiger partial charge in [-0.05, 0) is 51.1 Å². The van der Waals surface area contributed by atoms with Gasteiger partial charge in [0.1, 0.15) is 17.3 Å². The number of hydrogen-bond acceptors (Lipinski definition) is 2. The Bertz CT molecular complexity index is 580. The molecule has 0 bridgehead atoms. The summed E-state index contributed by atoms with van der Waals surface area (Å²) < 4.78 is 20.0. The minimum atomic E-state index is -0.240. The van der Waals surface area contributed by atoms with Crippen molar-refractivity contribution in [1.29, 1.82) is 0 Å². The van der Waals surface area contributed by atoms with Crippen LogP contribution in [-0.2, 0) is 0 Å². The van der Waals surface area contributed by atoms with Gasteiger partial charge in [0.2, 0.25) is 0 Å². The van der Waals surface area contributed by atoms with Crippen molar-refractivity contribution in [3.05, 3.63) is 59.4 Å². The second kappa shape index (κ2) is 7.23. The minimum Gasteiger partial charge on any atom is -0.457 e. The standard InChI is InChI=1S/C18H22FNO/c1-4-12-20-14(3)18-16(19)6-5-7-17(18)21-15-10-8-13(2)9-11-15/h5-11,14,20H,4,12H2,1-3H3. The number of halogens is 1. The lowest BCUT2D eigenvalue weighted by Gasteiger charge is -2.18. The molecule has 0 aliphatic carbocycles. The van der Waals surface area contributed by atoms with Crippen molar-refractivity contribution in [2.45, 2.75) is 33.2 Å². The van der Waals surface area contributed by atoms with E-state index >= 15 is 0 Å². The summed E-state index contributed by atoms with van der Waals surface area (Å²) in [6.07, 6.45) is 1.01. The zero-order chi connectivity index (χ0) is 15.2. The summed E-state index contributed by atoms with van der Waals surface area (Å²) in [5.74, 6) is 1.04. The van der Waals surface area contributed by atoms with Crippen molar-refractivity contribution in [1.82, 2.24) is 5.32 Å². The van der Waals surface area contributed by atoms with Crippen LogP contribution in [0.15, 0.2) is 42.5 Å². The monoisotopic (exact) mass is 287 g/mol. The molecule has 21 heavy (non-hydrogen) atoms. The maximum Gasteiger partial charge on any atom is 0.135 e. The SMILES string of the molecule is CCCNC(C)c1c(F)cccc1Oc1ccc(C)cc1. The van der Waals surface area contributed by atoms with Crippen molar-refractivity contribution in [3.63, 3.8) is 0 Å². The van der Waals surface area contributed by atoms with E-state index in [9.17, 15) is 4.39 Å². The van der Waals surface area contributed by atoms with Gasteiger partial charge < -0.3 is 10.1 Å². The van der Waals surface area contributed by atoms with Gasteiger partial charge in [-0.1, -0.05) is 30.7 Å². The van der Waals surface area contributed by atoms with Gasteiger partial charge in [0, 0.05) is 11.6 Å². The quantitative estimate of drug-likeness (QED) is 0.808. The zero-order valence-electron chi connectivity index (χ0n) is 12.8. The van der Waals surface area contributed by atoms with Crippen molar-refractivity contribution in [2.75, 3.05) is 6.54 Å². The van der Waals surface area contributed by atoms with E-state index in [0.717, 1.165) is 18.7 Å². The third kappa shape index (κ3) is 4.05. The lowest BCUT2D eigenvalue weighted by atomic mass is 10.1. The molecule has 1 atom stereocenters. The van der Waals surface area contributed by atoms with Crippen molar-refractivity contribution >= 4 is 0 Å². The van der Waals surface area contributed by atoms with Crippen LogP contribution in [0.5, 0.6) is 11.5 Å². The molecule has 1 N–H and O–H groups in total. The smallest absolute Gasteiger partial charge is 0.135 e. The van der Waals surface area contributed by atoms with Gasteiger partial charge in [0.15, 0.2) is 0 Å². The molecule has 2 nitrogen and oxygen atoms in total. The van der Waals surface area contributed by atoms with Gasteiger partial charge in [0.25, 0.3) is 0 Å². The molecule has 0 fully saturated rings. The van der Waals surface area contributed by atoms with E-state index in [1.54, 1.807) is 6.07 Å². The second-order valence-corrected chi connectivity index (χ2v) is 5.24. The molecule has 1 unspecified atom stereocenters. The predicted molar refractivity (Wildman–Crippen MR) is 84.4 cm³/mol. The first-order chi connectivity index (χ1) is 10.1. The minimum absolute atomic E-state index is 0.0911. The van der Waals surface area contributed by atoms with E-state index in [4.69, 9.17) is 4.74 Å². The summed E-state index contributed by atoms with van der Waals surface area (Å²) in [4.78, 5) is 0. The number of nitrogens with one attached hydrogen (secondary N) is 1. The maximum atomic E-state index is 14.2. The van der Waals surface area contributed by atoms with Gasteiger partial charge in [-0.3, -0.25) is 0 Å². The maximum absolute atomic E-state index is 14.2. The molecular formula is C18H22FNO. The third-order valence-corrected chi connectivity index (χ3v) is 3.40. The van der Waals surface area contributed by atoms with Crippen LogP contribution in [-0.4, -0.2) is 6.54 Å². The van der Waals surface area contributed by atoms with Crippen LogP contribution in [0.4, 0.5) is 4.39 Å². The Morgan fingerprint density at radius 2 is 1.86 bits per heavy atom. The first-order valence-corrected chi connectivity index (χ1v) is 7.38. The highest BCUT2D eigenvalue weighted by Gasteiger charge is 2.16. The first-order valence-electron chi connectivity index (χ1n) is 7.38. The summed E-state index contributed by atoms with van der Waals surface area (Å²) in [5, 5.41) is 3.30. The molecule has 3 heteroatoms. The van der Waals surface area contributed by atoms with E-state index in [1.165, 1.54) is 11.6 Å². The van der Waals surface area contributed by atoms with Crippen LogP contribution >= 0.6 is 0 Å². The average molecular weight is 287 g/mol. The summed E-state index contributed by atoms with van der Waals surface area (Å²) in [7, 11) is 0. The predicted octanol–water partition coefficient (Wildman–Crippen LogP) is 4.99. The fraction of sp³-hybridized carbons (Fsp3) is 0.333. The van der Waals surface area contributed by atoms with E-state index in [1.807, 2.05) is 44.2 Å². The molecule has 0 saturated heterocycles. The molecule has 0 saturated carbocycles. The molecule has 0 amide bonds. The van der Waals surface area contributed by atoms with Crippen molar-refractivity contribution < 1.29 is 9.13 Å². The lowest BCUT2D eigenvalue weighted by molar-refractivity contribution is 0.445. The molecule has 0 aliphatic rings. The van der Waals surface area contributed by atoms with Gasteiger partial charge in [-0.2, -0.15) is 0 Å². The number of benzene rings is 2. The van der Waals surface area contributed by atoms with Crippen LogP contribution < -0.4 is 10.1 Å². The normalized spacial score (nSPS) is 12.2. The summed E-state index contributed by atoms with van der Waals surface area (Å²) in [5.41, 5.74) is 1.74. The summed E-state index contributed by atoms with van der Waals surface area (Å²) >= 11 is 0. The van der Waals surface area contributed by atoms with E-state index in [2.05, 4.69) is 12.2 Å². The second-order valence-electron chi connectivity index (χ2n) is 5.24. The molecule has 2 aromatic rings. The zero-order valence-corrected chi connectivity index (χ0v) is 12.8. The van der Waals surface area contributed by atoms with Gasteiger partial charge >= 0.3 is 0 Å². The van der Waals surface area contributed by atoms with Crippen molar-refractivity contribution in [3.8, 4) is 11.5 Å². The molecule has 0 aliphatic heterocycles. The molecule has 0 spiro atoms. The Balaban J connectivity index is 2.26. The van der Waals surface area contributed by atoms with Gasteiger partial charge in [-0.15, -0.1) is 0 Å². The van der Waals surface area contributed by atoms with E-state index < -0.39 is 0 Å². The van der Waals surface area contributed by atoms with Gasteiger partial charge in [-0.25, -0.2) is 4.39 Å². The van der Waals surface area contributed by atoms with Crippen LogP contribution in [0, 0.1) is 12.7 Å². The number of hydrogen-bond donors (Lipinski definition) is 1. The Labute approximate surface area is 126 Å². The van der Waals surface area contributed by atoms with Gasteiger partial charge in [0.05, 0.1) is 0 Å². The fourth-order valence-electron chi connectivity index (χ4n) is 2.22. The summed E-state index contributed by atoms with van der Waals surface area (Å²) in [6.45, 7) is 6.91. The lowest BCUT2D eigenvalue weighted by Crippen LogP contribution is -2.20. The Morgan fingerprint density at radius 3 is 2.52 bits per heavy atom. The Hall–Kier alpha value is -1.87. The average Bonchev–Trinajstić information content (AvgIpc) is 2.47. The van der Waals surface area contributed by atoms with E-state index in [0.29, 0.717) is 11.3 Å². The van der Waals surface area contributed by atoms with E-state index in [-0.39, 0.29) is 11.9 Å². The van der Waals surface area contributed by atoms with Crippen molar-refractivity contribution in [2.24, 2.45) is 0 Å². The highest BCUT2D eigenvalue weighted by atomic mass is 19.1. The summed E-state index contributed by atoms with van der Waals surface area (Å²) in [6, 6.07) is 12.6. The largest absolute Gasteiger partial charge is 0.457 e. The fourth-order valence-corrected chi connectivity index (χ4v) is 2.22. The number of rotatable bonds is 6. The number of ether oxygens (including phenoxy) is 1. The highest BCUT2D eigenvalue weighted by Crippen LogP contribution is 2.31. The molecule has 2 rings (SSSR count). The molecule has 0 heterocycles. The molecule has 2 aromatic carbocycles. The molecule has 0 aromatic heterocycles. The third-order valence-electron chi connectivity index (χ3n) is 3.40. The van der Waals surface area contributed by atoms with Crippen LogP contribution in [0.2, 0.25) is 0 Å². The molecule has 0 radical (unpaired) electrons. The van der Waals surface area contributed by atoms with Crippen LogP contribution in [0.3, 0.4) is 0 Å².